The predicted molar refractivity (Wildman–Crippen MR) is 168 cm³/mol. The smallest absolute Gasteiger partial charge is 0.326 e. The van der Waals surface area contributed by atoms with E-state index >= 15 is 0 Å². The number of para-hydroxylation sites is 1. The van der Waals surface area contributed by atoms with Crippen LogP contribution in [-0.2, 0) is 25.6 Å². The minimum atomic E-state index is -1.26. The summed E-state index contributed by atoms with van der Waals surface area (Å²) in [6.07, 6.45) is 2.89. The van der Waals surface area contributed by atoms with Crippen LogP contribution in [0.25, 0.3) is 10.9 Å². The number of H-pyrrole nitrogens is 1. The summed E-state index contributed by atoms with van der Waals surface area (Å²) in [6, 6.07) is 3.04. The summed E-state index contributed by atoms with van der Waals surface area (Å²) in [5, 5.41) is 18.6. The first-order valence-electron chi connectivity index (χ1n) is 14.3. The predicted octanol–water partition coefficient (Wildman–Crippen LogP) is -1.66. The number of hydrogen-bond donors (Lipinski definition) is 10. The Morgan fingerprint density at radius 2 is 1.43 bits per heavy atom. The maximum absolute atomic E-state index is 13.4. The molecule has 0 fully saturated rings. The average molecular weight is 616 g/mol. The minimum Gasteiger partial charge on any atom is -0.480 e. The summed E-state index contributed by atoms with van der Waals surface area (Å²) in [4.78, 5) is 62.5. The number of carboxylic acid groups (broad SMARTS) is 1. The van der Waals surface area contributed by atoms with E-state index in [2.05, 4.69) is 30.9 Å². The lowest BCUT2D eigenvalue weighted by molar-refractivity contribution is -0.142. The van der Waals surface area contributed by atoms with Crippen molar-refractivity contribution in [2.75, 3.05) is 13.1 Å². The molecule has 0 aliphatic heterocycles. The zero-order chi connectivity index (χ0) is 32.8. The molecule has 4 atom stereocenters. The molecule has 15 N–H and O–H groups in total. The fraction of sp³-hybridized carbons (Fsp3) is 0.500. The van der Waals surface area contributed by atoms with E-state index in [0.29, 0.717) is 12.8 Å². The normalized spacial score (nSPS) is 13.7. The van der Waals surface area contributed by atoms with Gasteiger partial charge in [0.2, 0.25) is 17.7 Å². The minimum absolute atomic E-state index is 0.0222. The molecule has 1 heterocycles. The van der Waals surface area contributed by atoms with Gasteiger partial charge in [-0.15, -0.1) is 0 Å². The summed E-state index contributed by atoms with van der Waals surface area (Å²) >= 11 is 0. The van der Waals surface area contributed by atoms with Gasteiger partial charge >= 0.3 is 5.97 Å². The number of carbonyl (C=O) groups is 4. The van der Waals surface area contributed by atoms with Crippen molar-refractivity contribution in [2.45, 2.75) is 70.1 Å². The Hall–Kier alpha value is -4.86. The van der Waals surface area contributed by atoms with Crippen LogP contribution in [0.5, 0.6) is 0 Å². The first-order valence-corrected chi connectivity index (χ1v) is 14.3. The van der Waals surface area contributed by atoms with Crippen LogP contribution >= 0.6 is 0 Å². The third-order valence-corrected chi connectivity index (χ3v) is 6.84. The molecule has 4 unspecified atom stereocenters. The number of nitrogens with one attached hydrogen (secondary N) is 4. The van der Waals surface area contributed by atoms with E-state index in [4.69, 9.17) is 28.7 Å². The molecule has 2 rings (SSSR count). The number of nitrogens with zero attached hydrogens (tertiary/aromatic N) is 2. The number of rotatable bonds is 18. The number of carbonyl (C=O) groups excluding carboxylic acids is 3. The summed E-state index contributed by atoms with van der Waals surface area (Å²) in [6.45, 7) is 3.90. The van der Waals surface area contributed by atoms with Gasteiger partial charge in [-0.2, -0.15) is 0 Å². The van der Waals surface area contributed by atoms with Crippen molar-refractivity contribution in [3.8, 4) is 0 Å². The summed E-state index contributed by atoms with van der Waals surface area (Å²) in [5.74, 6) is -3.73. The van der Waals surface area contributed by atoms with Crippen LogP contribution in [0.15, 0.2) is 40.4 Å². The van der Waals surface area contributed by atoms with Crippen molar-refractivity contribution < 1.29 is 24.3 Å². The lowest BCUT2D eigenvalue weighted by atomic mass is 10.00. The van der Waals surface area contributed by atoms with Gasteiger partial charge in [-0.25, -0.2) is 4.79 Å². The number of guanidine groups is 2. The van der Waals surface area contributed by atoms with Crippen LogP contribution in [0.1, 0.15) is 45.1 Å². The van der Waals surface area contributed by atoms with E-state index in [1.54, 1.807) is 20.0 Å². The molecule has 0 saturated carbocycles. The molecule has 16 heteroatoms. The fourth-order valence-corrected chi connectivity index (χ4v) is 4.47. The summed E-state index contributed by atoms with van der Waals surface area (Å²) < 4.78 is 0. The Morgan fingerprint density at radius 3 is 2.02 bits per heavy atom. The molecule has 0 spiro atoms. The molecule has 0 radical (unpaired) electrons. The number of benzene rings is 1. The van der Waals surface area contributed by atoms with E-state index in [0.717, 1.165) is 16.5 Å². The number of carboxylic acids is 1. The van der Waals surface area contributed by atoms with E-state index < -0.39 is 53.8 Å². The number of aliphatic imine (C=N–C) groups is 2. The highest BCUT2D eigenvalue weighted by Gasteiger charge is 2.32. The van der Waals surface area contributed by atoms with Crippen LogP contribution in [0, 0.1) is 5.92 Å². The molecule has 242 valence electrons. The van der Waals surface area contributed by atoms with Crippen molar-refractivity contribution in [3.63, 3.8) is 0 Å². The van der Waals surface area contributed by atoms with Gasteiger partial charge in [0.15, 0.2) is 11.9 Å². The second kappa shape index (κ2) is 17.3. The highest BCUT2D eigenvalue weighted by atomic mass is 16.4. The van der Waals surface area contributed by atoms with Crippen LogP contribution < -0.4 is 44.6 Å². The van der Waals surface area contributed by atoms with Crippen LogP contribution in [-0.4, -0.2) is 83.0 Å². The fourth-order valence-electron chi connectivity index (χ4n) is 4.47. The average Bonchev–Trinajstić information content (AvgIpc) is 3.36. The lowest BCUT2D eigenvalue weighted by Crippen LogP contribution is -2.58. The molecule has 0 saturated heterocycles. The Morgan fingerprint density at radius 1 is 0.841 bits per heavy atom. The lowest BCUT2D eigenvalue weighted by Gasteiger charge is -2.27. The number of fused-ring (bicyclic) bond motifs is 1. The maximum Gasteiger partial charge on any atom is 0.326 e. The Balaban J connectivity index is 2.13. The molecule has 3 amide bonds. The zero-order valence-electron chi connectivity index (χ0n) is 25.1. The second-order valence-corrected chi connectivity index (χ2v) is 10.8. The quantitative estimate of drug-likeness (QED) is 0.0517. The molecule has 44 heavy (non-hydrogen) atoms. The van der Waals surface area contributed by atoms with Crippen molar-refractivity contribution in [3.05, 3.63) is 36.0 Å². The monoisotopic (exact) mass is 615 g/mol. The molecule has 0 bridgehead atoms. The van der Waals surface area contributed by atoms with E-state index in [9.17, 15) is 24.3 Å². The highest BCUT2D eigenvalue weighted by molar-refractivity contribution is 5.94. The van der Waals surface area contributed by atoms with Gasteiger partial charge in [0.05, 0.1) is 6.04 Å². The van der Waals surface area contributed by atoms with Gasteiger partial charge in [0.25, 0.3) is 0 Å². The Kier molecular flexibility index (Phi) is 13.9. The third kappa shape index (κ3) is 11.4. The van der Waals surface area contributed by atoms with Gasteiger partial charge in [0.1, 0.15) is 18.1 Å². The first kappa shape index (κ1) is 35.3. The standard InChI is InChI=1S/C28H45N11O5/c1-15(2)22(25(42)38-21(26(43)44)13-16-14-36-19-9-4-3-7-17(16)19)39-24(41)20(10-6-12-35-28(32)33)37-23(40)18(29)8-5-11-34-27(30)31/h3-4,7,9,14-15,18,20-22,36H,5-6,8,10-13,29H2,1-2H3,(H,37,40)(H,38,42)(H,39,41)(H,43,44)(H4,30,31,34)(H4,32,33,35). The van der Waals surface area contributed by atoms with Crippen molar-refractivity contribution in [1.82, 2.24) is 20.9 Å². The molecule has 2 aromatic rings. The van der Waals surface area contributed by atoms with E-state index in [1.165, 1.54) is 0 Å². The number of amides is 3. The first-order chi connectivity index (χ1) is 20.8. The van der Waals surface area contributed by atoms with Gasteiger partial charge in [-0.05, 0) is 43.2 Å². The van der Waals surface area contributed by atoms with Crippen LogP contribution in [0.4, 0.5) is 0 Å². The van der Waals surface area contributed by atoms with Gasteiger partial charge < -0.3 is 54.7 Å². The SMILES string of the molecule is CC(C)C(NC(=O)C(CCCN=C(N)N)NC(=O)C(N)CCCN=C(N)N)C(=O)NC(Cc1c[nH]c2ccccc12)C(=O)O. The topological polar surface area (TPSA) is 295 Å². The molecule has 1 aromatic heterocycles. The number of aromatic nitrogens is 1. The zero-order valence-corrected chi connectivity index (χ0v) is 25.1. The van der Waals surface area contributed by atoms with Crippen molar-refractivity contribution in [1.29, 1.82) is 0 Å². The molecule has 0 aliphatic rings. The van der Waals surface area contributed by atoms with Gasteiger partial charge in [0, 0.05) is 36.6 Å². The number of hydrogen-bond acceptors (Lipinski definition) is 7. The Bertz CT molecular complexity index is 1330. The van der Waals surface area contributed by atoms with Crippen LogP contribution in [0.2, 0.25) is 0 Å². The molecule has 0 aliphatic carbocycles. The molecular formula is C28H45N11O5. The Labute approximate surface area is 255 Å². The highest BCUT2D eigenvalue weighted by Crippen LogP contribution is 2.19. The van der Waals surface area contributed by atoms with Crippen molar-refractivity contribution >= 4 is 46.5 Å². The second-order valence-electron chi connectivity index (χ2n) is 10.8. The number of aliphatic carboxylic acids is 1. The third-order valence-electron chi connectivity index (χ3n) is 6.84. The largest absolute Gasteiger partial charge is 0.480 e. The summed E-state index contributed by atoms with van der Waals surface area (Å²) in [7, 11) is 0. The van der Waals surface area contributed by atoms with Crippen LogP contribution in [0.3, 0.4) is 0 Å². The summed E-state index contributed by atoms with van der Waals surface area (Å²) in [5.41, 5.74) is 28.9. The molecular weight excluding hydrogens is 570 g/mol. The number of nitrogens with two attached hydrogens (primary N) is 5. The van der Waals surface area contributed by atoms with Gasteiger partial charge in [-0.3, -0.25) is 24.4 Å². The van der Waals surface area contributed by atoms with E-state index in [1.807, 2.05) is 24.3 Å². The molecule has 16 nitrogen and oxygen atoms in total. The van der Waals surface area contributed by atoms with E-state index in [-0.39, 0.29) is 44.3 Å². The van der Waals surface area contributed by atoms with Crippen molar-refractivity contribution in [2.24, 2.45) is 44.6 Å². The maximum atomic E-state index is 13.4. The number of aromatic amines is 1. The van der Waals surface area contributed by atoms with Gasteiger partial charge in [-0.1, -0.05) is 32.0 Å². The molecule has 1 aromatic carbocycles.